The number of hydrogen-bond donors (Lipinski definition) is 0. The maximum absolute atomic E-state index is 12.2. The van der Waals surface area contributed by atoms with Crippen molar-refractivity contribution in [2.24, 2.45) is 0 Å². The van der Waals surface area contributed by atoms with E-state index in [1.165, 1.54) is 11.8 Å². The number of nitrogens with zero attached hydrogens (tertiary/aromatic N) is 2. The molecule has 0 saturated heterocycles. The first-order chi connectivity index (χ1) is 21.5. The van der Waals surface area contributed by atoms with Crippen molar-refractivity contribution in [1.82, 2.24) is 4.98 Å². The van der Waals surface area contributed by atoms with Gasteiger partial charge in [0.25, 0.3) is 0 Å². The molecule has 0 radical (unpaired) electrons. The summed E-state index contributed by atoms with van der Waals surface area (Å²) in [5.41, 5.74) is 9.82. The summed E-state index contributed by atoms with van der Waals surface area (Å²) in [6, 6.07) is 38.3. The predicted octanol–water partition coefficient (Wildman–Crippen LogP) is 10.2. The van der Waals surface area contributed by atoms with Crippen molar-refractivity contribution in [2.45, 2.75) is 38.0 Å². The van der Waals surface area contributed by atoms with E-state index in [4.69, 9.17) is 9.72 Å². The Morgan fingerprint density at radius 3 is 1.84 bits per heavy atom. The molecule has 7 rings (SSSR count). The summed E-state index contributed by atoms with van der Waals surface area (Å²) < 4.78 is 30.8. The fourth-order valence-corrected chi connectivity index (χ4v) is 6.67. The summed E-state index contributed by atoms with van der Waals surface area (Å²) in [4.78, 5) is 7.84. The van der Waals surface area contributed by atoms with Crippen molar-refractivity contribution in [2.75, 3.05) is 11.2 Å². The van der Waals surface area contributed by atoms with Gasteiger partial charge in [-0.05, 0) is 83.1 Å². The number of sulfone groups is 1. The Kier molecular flexibility index (Phi) is 6.79. The number of aryl methyl sites for hydroxylation is 1. The number of benzene rings is 5. The zero-order valence-electron chi connectivity index (χ0n) is 26.0. The average molecular weight is 611 g/mol. The molecular formula is C39H34N2O3S. The fraction of sp³-hybridized carbons (Fsp3) is 0.154. The Balaban J connectivity index is 1.53. The van der Waals surface area contributed by atoms with Crippen molar-refractivity contribution in [1.29, 1.82) is 0 Å². The summed E-state index contributed by atoms with van der Waals surface area (Å²) in [5.74, 6) is 1.55. The number of para-hydroxylation sites is 4. The van der Waals surface area contributed by atoms with Crippen LogP contribution < -0.4 is 9.64 Å². The number of fused-ring (bicyclic) bond motifs is 3. The summed E-state index contributed by atoms with van der Waals surface area (Å²) in [5, 5.41) is 1.06. The lowest BCUT2D eigenvalue weighted by molar-refractivity contribution is 0.477. The minimum atomic E-state index is -3.33. The molecule has 0 saturated carbocycles. The van der Waals surface area contributed by atoms with Gasteiger partial charge in [0, 0.05) is 17.2 Å². The second-order valence-corrected chi connectivity index (χ2v) is 14.7. The molecule has 0 aliphatic carbocycles. The lowest BCUT2D eigenvalue weighted by Gasteiger charge is -2.33. The van der Waals surface area contributed by atoms with Crippen LogP contribution in [0.1, 0.15) is 31.9 Å². The molecule has 6 heteroatoms. The minimum Gasteiger partial charge on any atom is -0.453 e. The van der Waals surface area contributed by atoms with Gasteiger partial charge in [0.1, 0.15) is 0 Å². The van der Waals surface area contributed by atoms with Gasteiger partial charge in [0.2, 0.25) is 0 Å². The molecule has 224 valence electrons. The van der Waals surface area contributed by atoms with E-state index in [0.717, 1.165) is 67.4 Å². The third-order valence-corrected chi connectivity index (χ3v) is 9.59. The third kappa shape index (κ3) is 5.15. The van der Waals surface area contributed by atoms with Crippen LogP contribution in [0.5, 0.6) is 11.5 Å². The van der Waals surface area contributed by atoms with Gasteiger partial charge < -0.3 is 9.64 Å². The normalized spacial score (nSPS) is 12.9. The summed E-state index contributed by atoms with van der Waals surface area (Å²) >= 11 is 0. The zero-order valence-corrected chi connectivity index (χ0v) is 26.8. The summed E-state index contributed by atoms with van der Waals surface area (Å²) in [7, 11) is -3.33. The number of hydrogen-bond acceptors (Lipinski definition) is 5. The zero-order chi connectivity index (χ0) is 31.5. The van der Waals surface area contributed by atoms with Gasteiger partial charge in [-0.25, -0.2) is 13.4 Å². The molecule has 1 aromatic heterocycles. The van der Waals surface area contributed by atoms with E-state index >= 15 is 0 Å². The van der Waals surface area contributed by atoms with Gasteiger partial charge in [-0.15, -0.1) is 0 Å². The topological polar surface area (TPSA) is 59.5 Å². The molecule has 0 atom stereocenters. The molecular weight excluding hydrogens is 577 g/mol. The summed E-state index contributed by atoms with van der Waals surface area (Å²) in [6.07, 6.45) is 1.22. The molecule has 0 amide bonds. The van der Waals surface area contributed by atoms with Crippen LogP contribution in [0, 0.1) is 6.92 Å². The van der Waals surface area contributed by atoms with E-state index in [-0.39, 0.29) is 10.3 Å². The van der Waals surface area contributed by atoms with Crippen LogP contribution in [0.3, 0.4) is 0 Å². The molecule has 5 nitrogen and oxygen atoms in total. The molecule has 6 aromatic rings. The van der Waals surface area contributed by atoms with Crippen LogP contribution in [0.4, 0.5) is 17.1 Å². The first-order valence-electron chi connectivity index (χ1n) is 15.0. The van der Waals surface area contributed by atoms with Crippen LogP contribution in [0.25, 0.3) is 33.3 Å². The highest BCUT2D eigenvalue weighted by Gasteiger charge is 2.28. The largest absolute Gasteiger partial charge is 0.453 e. The van der Waals surface area contributed by atoms with Crippen molar-refractivity contribution < 1.29 is 13.2 Å². The number of anilines is 3. The van der Waals surface area contributed by atoms with E-state index in [1.807, 2.05) is 48.5 Å². The van der Waals surface area contributed by atoms with Crippen molar-refractivity contribution in [3.05, 3.63) is 126 Å². The Morgan fingerprint density at radius 1 is 0.689 bits per heavy atom. The molecule has 1 aliphatic rings. The molecule has 0 spiro atoms. The monoisotopic (exact) mass is 610 g/mol. The van der Waals surface area contributed by atoms with Crippen LogP contribution in [0.15, 0.2) is 120 Å². The number of rotatable bonds is 4. The molecule has 1 aliphatic heterocycles. The molecule has 45 heavy (non-hydrogen) atoms. The van der Waals surface area contributed by atoms with Gasteiger partial charge in [-0.1, -0.05) is 87.5 Å². The van der Waals surface area contributed by atoms with Crippen LogP contribution in [-0.2, 0) is 15.3 Å². The number of aromatic nitrogens is 1. The number of pyridine rings is 1. The van der Waals surface area contributed by atoms with E-state index in [1.54, 1.807) is 12.1 Å². The second kappa shape index (κ2) is 10.6. The molecule has 0 N–H and O–H groups in total. The van der Waals surface area contributed by atoms with Gasteiger partial charge in [0.15, 0.2) is 21.3 Å². The Hall–Kier alpha value is -4.94. The van der Waals surface area contributed by atoms with Gasteiger partial charge in [-0.3, -0.25) is 0 Å². The first kappa shape index (κ1) is 28.8. The van der Waals surface area contributed by atoms with E-state index < -0.39 is 9.84 Å². The molecule has 0 unspecified atom stereocenters. The average Bonchev–Trinajstić information content (AvgIpc) is 3.03. The Bertz CT molecular complexity index is 2150. The van der Waals surface area contributed by atoms with Crippen molar-refractivity contribution >= 4 is 37.8 Å². The second-order valence-electron chi connectivity index (χ2n) is 12.7. The number of ether oxygens (including phenoxy) is 1. The lowest BCUT2D eigenvalue weighted by atomic mass is 9.85. The SMILES string of the molecule is Cc1ccc(N2c3ccccc3Oc3ccccc32)c2nc(-c3ccc(S(C)(=O)=O)cc3)cc(-c3ccc(C(C)(C)C)cc3)c12. The maximum Gasteiger partial charge on any atom is 0.175 e. The van der Waals surface area contributed by atoms with E-state index in [0.29, 0.717) is 0 Å². The van der Waals surface area contributed by atoms with Crippen molar-refractivity contribution in [3.63, 3.8) is 0 Å². The van der Waals surface area contributed by atoms with Crippen LogP contribution in [-0.4, -0.2) is 19.7 Å². The lowest BCUT2D eigenvalue weighted by Crippen LogP contribution is -2.16. The van der Waals surface area contributed by atoms with Gasteiger partial charge >= 0.3 is 0 Å². The van der Waals surface area contributed by atoms with Gasteiger partial charge in [-0.2, -0.15) is 0 Å². The smallest absolute Gasteiger partial charge is 0.175 e. The quantitative estimate of drug-likeness (QED) is 0.198. The fourth-order valence-electron chi connectivity index (χ4n) is 6.04. The van der Waals surface area contributed by atoms with Crippen molar-refractivity contribution in [3.8, 4) is 33.9 Å². The predicted molar refractivity (Wildman–Crippen MR) is 184 cm³/mol. The molecule has 0 bridgehead atoms. The van der Waals surface area contributed by atoms with E-state index in [9.17, 15) is 8.42 Å². The minimum absolute atomic E-state index is 0.0333. The Labute approximate surface area is 264 Å². The highest BCUT2D eigenvalue weighted by atomic mass is 32.2. The van der Waals surface area contributed by atoms with Crippen LogP contribution >= 0.6 is 0 Å². The Morgan fingerprint density at radius 2 is 1.27 bits per heavy atom. The maximum atomic E-state index is 12.2. The first-order valence-corrected chi connectivity index (χ1v) is 16.9. The third-order valence-electron chi connectivity index (χ3n) is 8.46. The summed E-state index contributed by atoms with van der Waals surface area (Å²) in [6.45, 7) is 8.78. The standard InChI is InChI=1S/C39H34N2O3S/c1-25-14-23-34(41-32-10-6-8-12-35(32)44-36-13-9-7-11-33(36)41)38-37(25)30(26-15-19-28(20-16-26)39(2,3)4)24-31(40-38)27-17-21-29(22-18-27)45(5,42)43/h6-24H,1-5H3. The highest BCUT2D eigenvalue weighted by Crippen LogP contribution is 2.52. The molecule has 2 heterocycles. The molecule has 5 aromatic carbocycles. The van der Waals surface area contributed by atoms with Gasteiger partial charge in [0.05, 0.1) is 33.2 Å². The van der Waals surface area contributed by atoms with E-state index in [2.05, 4.69) is 87.2 Å². The highest BCUT2D eigenvalue weighted by molar-refractivity contribution is 7.90. The van der Waals surface area contributed by atoms with Crippen LogP contribution in [0.2, 0.25) is 0 Å². The molecule has 0 fully saturated rings.